The quantitative estimate of drug-likeness (QED) is 0.221. The monoisotopic (exact) mass is 568 g/mol. The first-order valence-electron chi connectivity index (χ1n) is 13.0. The summed E-state index contributed by atoms with van der Waals surface area (Å²) in [5, 5.41) is 33.7. The third-order valence-electron chi connectivity index (χ3n) is 8.29. The van der Waals surface area contributed by atoms with Crippen molar-refractivity contribution in [3.63, 3.8) is 0 Å². The molecule has 14 heteroatoms. The van der Waals surface area contributed by atoms with Gasteiger partial charge in [-0.25, -0.2) is 9.98 Å². The number of ether oxygens (including phenoxy) is 1. The van der Waals surface area contributed by atoms with E-state index in [1.807, 2.05) is 6.07 Å². The molecule has 212 valence electrons. The number of hydrogen-bond donors (Lipinski definition) is 7. The van der Waals surface area contributed by atoms with Crippen molar-refractivity contribution >= 4 is 35.1 Å². The first-order chi connectivity index (χ1) is 19.0. The van der Waals surface area contributed by atoms with Crippen LogP contribution in [0.3, 0.4) is 0 Å². The van der Waals surface area contributed by atoms with E-state index in [1.165, 1.54) is 16.2 Å². The molecule has 40 heavy (non-hydrogen) atoms. The highest BCUT2D eigenvalue weighted by Crippen LogP contribution is 2.45. The molecule has 5 heterocycles. The number of rotatable bonds is 5. The number of aliphatic hydroxyl groups is 2. The van der Waals surface area contributed by atoms with Crippen LogP contribution in [0.5, 0.6) is 5.75 Å². The van der Waals surface area contributed by atoms with E-state index in [1.54, 1.807) is 29.6 Å². The van der Waals surface area contributed by atoms with E-state index in [0.717, 1.165) is 12.0 Å². The number of carbonyl (C=O) groups is 2. The van der Waals surface area contributed by atoms with Gasteiger partial charge < -0.3 is 47.3 Å². The summed E-state index contributed by atoms with van der Waals surface area (Å²) in [6.07, 6.45) is 0.809. The van der Waals surface area contributed by atoms with Gasteiger partial charge in [0.25, 0.3) is 11.8 Å². The van der Waals surface area contributed by atoms with Crippen molar-refractivity contribution in [3.05, 3.63) is 51.7 Å². The minimum Gasteiger partial charge on any atom is -0.492 e. The number of benzene rings is 1. The molecule has 0 saturated carbocycles. The average Bonchev–Trinajstić information content (AvgIpc) is 3.61. The second-order valence-corrected chi connectivity index (χ2v) is 12.1. The van der Waals surface area contributed by atoms with Gasteiger partial charge in [0, 0.05) is 18.7 Å². The molecule has 9 N–H and O–H groups in total. The molecular weight excluding hydrogens is 536 g/mol. The number of carbonyl (C=O) groups excluding carboxylic acids is 2. The molecule has 1 fully saturated rings. The van der Waals surface area contributed by atoms with E-state index in [9.17, 15) is 19.8 Å². The molecule has 1 aromatic heterocycles. The maximum atomic E-state index is 13.6. The molecule has 1 aromatic carbocycles. The van der Waals surface area contributed by atoms with Crippen LogP contribution in [0.25, 0.3) is 0 Å². The number of nitrogens with two attached hydrogens (primary N) is 2. The molecule has 2 aromatic rings. The average molecular weight is 569 g/mol. The second kappa shape index (κ2) is 9.08. The number of thiophene rings is 1. The smallest absolute Gasteiger partial charge is 0.261 e. The van der Waals surface area contributed by atoms with Crippen molar-refractivity contribution in [2.75, 3.05) is 19.7 Å². The third kappa shape index (κ3) is 3.81. The summed E-state index contributed by atoms with van der Waals surface area (Å²) in [6, 6.07) is 5.92. The summed E-state index contributed by atoms with van der Waals surface area (Å²) in [5.41, 5.74) is 11.7. The number of guanidine groups is 2. The summed E-state index contributed by atoms with van der Waals surface area (Å²) in [6.45, 7) is 4.58. The van der Waals surface area contributed by atoms with Crippen LogP contribution in [0, 0.1) is 0 Å². The first-order valence-corrected chi connectivity index (χ1v) is 13.9. The Balaban J connectivity index is 1.27. The molecule has 1 saturated heterocycles. The number of hydrogen-bond acceptors (Lipinski definition) is 12. The van der Waals surface area contributed by atoms with Crippen LogP contribution in [-0.4, -0.2) is 88.1 Å². The van der Waals surface area contributed by atoms with E-state index in [2.05, 4.69) is 39.8 Å². The zero-order valence-corrected chi connectivity index (χ0v) is 22.9. The van der Waals surface area contributed by atoms with E-state index < -0.39 is 35.5 Å². The Morgan fingerprint density at radius 2 is 2.00 bits per heavy atom. The molecule has 2 amide bonds. The molecule has 4 atom stereocenters. The molecule has 13 nitrogen and oxygen atoms in total. The molecule has 0 aliphatic carbocycles. The third-order valence-corrected chi connectivity index (χ3v) is 9.15. The Labute approximate surface area is 234 Å². The van der Waals surface area contributed by atoms with Crippen molar-refractivity contribution in [2.24, 2.45) is 21.5 Å². The fourth-order valence-electron chi connectivity index (χ4n) is 6.13. The number of fused-ring (bicyclic) bond motifs is 1. The Morgan fingerprint density at radius 1 is 1.20 bits per heavy atom. The SMILES string of the molecule is CC1(C)CCOc2c(C(=O)NC3CN4C(N)=N[C@@H](CNC(=O)c5cccs5)[C@@H]5N=C(N)N[C@@]54C3(O)O)cccc21. The van der Waals surface area contributed by atoms with Crippen molar-refractivity contribution in [1.82, 2.24) is 20.9 Å². The van der Waals surface area contributed by atoms with Gasteiger partial charge in [0.15, 0.2) is 17.6 Å². The van der Waals surface area contributed by atoms with Crippen LogP contribution in [0.15, 0.2) is 45.7 Å². The van der Waals surface area contributed by atoms with Gasteiger partial charge in [-0.2, -0.15) is 0 Å². The highest BCUT2D eigenvalue weighted by molar-refractivity contribution is 7.12. The predicted molar refractivity (Wildman–Crippen MR) is 148 cm³/mol. The van der Waals surface area contributed by atoms with Gasteiger partial charge in [-0.1, -0.05) is 32.0 Å². The number of aliphatic imine (C=N–C) groups is 2. The molecule has 4 aliphatic rings. The summed E-state index contributed by atoms with van der Waals surface area (Å²) in [5.74, 6) is -2.97. The van der Waals surface area contributed by atoms with Crippen molar-refractivity contribution in [2.45, 2.75) is 55.3 Å². The van der Waals surface area contributed by atoms with Crippen LogP contribution >= 0.6 is 11.3 Å². The lowest BCUT2D eigenvalue weighted by Gasteiger charge is -2.49. The van der Waals surface area contributed by atoms with Gasteiger partial charge >= 0.3 is 0 Å². The number of nitrogens with one attached hydrogen (secondary N) is 3. The van der Waals surface area contributed by atoms with Crippen LogP contribution in [0.1, 0.15) is 45.9 Å². The fraction of sp³-hybridized carbons (Fsp3) is 0.462. The van der Waals surface area contributed by atoms with E-state index in [-0.39, 0.29) is 36.3 Å². The lowest BCUT2D eigenvalue weighted by atomic mass is 9.79. The Kier molecular flexibility index (Phi) is 5.98. The standard InChI is InChI=1S/C26H32N8O5S/c1-24(2)8-9-39-18-13(5-3-6-14(18)24)20(35)31-17-12-34-23(28)30-15(11-29-21(36)16-7-4-10-40-16)19-25(34,26(17,37)38)33-22(27)32-19/h3-7,10,15,17,19,37-38H,8-9,11-12H2,1-2H3,(H2,28,30)(H,29,36)(H,31,35)(H3,27,32,33)/t15-,17?,19-,25-/m0/s1. The summed E-state index contributed by atoms with van der Waals surface area (Å²) >= 11 is 1.29. The number of amides is 2. The molecule has 1 spiro atoms. The van der Waals surface area contributed by atoms with Crippen molar-refractivity contribution in [1.29, 1.82) is 0 Å². The highest BCUT2D eigenvalue weighted by Gasteiger charge is 2.73. The topological polar surface area (TPSA) is 200 Å². The maximum Gasteiger partial charge on any atom is 0.261 e. The normalized spacial score (nSPS) is 29.1. The summed E-state index contributed by atoms with van der Waals surface area (Å²) in [7, 11) is 0. The summed E-state index contributed by atoms with van der Waals surface area (Å²) in [4.78, 5) is 37.0. The number of para-hydroxylation sites is 1. The minimum atomic E-state index is -2.59. The van der Waals surface area contributed by atoms with Gasteiger partial charge in [0.2, 0.25) is 5.79 Å². The molecular formula is C26H32N8O5S. The second-order valence-electron chi connectivity index (χ2n) is 11.1. The predicted octanol–water partition coefficient (Wildman–Crippen LogP) is -0.987. The highest BCUT2D eigenvalue weighted by atomic mass is 32.1. The maximum absolute atomic E-state index is 13.6. The molecule has 0 radical (unpaired) electrons. The Bertz CT molecular complexity index is 1420. The largest absolute Gasteiger partial charge is 0.492 e. The van der Waals surface area contributed by atoms with E-state index >= 15 is 0 Å². The zero-order valence-electron chi connectivity index (χ0n) is 22.0. The van der Waals surface area contributed by atoms with Gasteiger partial charge in [-0.15, -0.1) is 11.3 Å². The Morgan fingerprint density at radius 3 is 2.75 bits per heavy atom. The van der Waals surface area contributed by atoms with Crippen molar-refractivity contribution in [3.8, 4) is 5.75 Å². The van der Waals surface area contributed by atoms with Gasteiger partial charge in [-0.3, -0.25) is 9.59 Å². The molecule has 6 rings (SSSR count). The first kappa shape index (κ1) is 26.3. The van der Waals surface area contributed by atoms with Crippen molar-refractivity contribution < 1.29 is 24.5 Å². The fourth-order valence-corrected chi connectivity index (χ4v) is 6.77. The van der Waals surface area contributed by atoms with Gasteiger partial charge in [0.05, 0.1) is 23.1 Å². The van der Waals surface area contributed by atoms with Crippen LogP contribution in [0.2, 0.25) is 0 Å². The van der Waals surface area contributed by atoms with Gasteiger partial charge in [-0.05, 0) is 29.3 Å². The lowest BCUT2D eigenvalue weighted by molar-refractivity contribution is -0.230. The summed E-state index contributed by atoms with van der Waals surface area (Å²) < 4.78 is 5.89. The lowest BCUT2D eigenvalue weighted by Crippen LogP contribution is -2.78. The molecule has 1 unspecified atom stereocenters. The molecule has 0 bridgehead atoms. The van der Waals surface area contributed by atoms with E-state index in [4.69, 9.17) is 16.2 Å². The van der Waals surface area contributed by atoms with E-state index in [0.29, 0.717) is 22.8 Å². The number of nitrogens with zero attached hydrogens (tertiary/aromatic N) is 3. The molecule has 4 aliphatic heterocycles. The van der Waals surface area contributed by atoms with Crippen LogP contribution in [0.4, 0.5) is 0 Å². The van der Waals surface area contributed by atoms with Gasteiger partial charge in [0.1, 0.15) is 17.8 Å². The van der Waals surface area contributed by atoms with Crippen LogP contribution < -0.4 is 32.2 Å². The Hall–Kier alpha value is -3.88. The minimum absolute atomic E-state index is 0.00424. The van der Waals surface area contributed by atoms with Crippen LogP contribution in [-0.2, 0) is 5.41 Å². The zero-order chi connectivity index (χ0) is 28.4.